The molecule has 0 aliphatic carbocycles. The van der Waals surface area contributed by atoms with Gasteiger partial charge >= 0.3 is 0 Å². The van der Waals surface area contributed by atoms with Gasteiger partial charge in [0.2, 0.25) is 0 Å². The summed E-state index contributed by atoms with van der Waals surface area (Å²) in [5.74, 6) is 0.625. The Morgan fingerprint density at radius 1 is 0.952 bits per heavy atom. The van der Waals surface area contributed by atoms with E-state index in [4.69, 9.17) is 0 Å². The largest absolute Gasteiger partial charge is 0.306 e. The average molecular weight is 320 g/mol. The number of halogens is 1. The molecule has 1 saturated heterocycles. The van der Waals surface area contributed by atoms with E-state index < -0.39 is 0 Å². The molecule has 2 atom stereocenters. The van der Waals surface area contributed by atoms with Crippen molar-refractivity contribution in [1.82, 2.24) is 4.90 Å². The SMILES string of the molecule is CN1CC[C@@H](Sc2ccccc2)[C@H](c2ccccc2)C1.Cl. The number of rotatable bonds is 3. The maximum Gasteiger partial charge on any atom is 0.0187 e. The molecule has 3 rings (SSSR count). The zero-order chi connectivity index (χ0) is 13.8. The van der Waals surface area contributed by atoms with Crippen molar-refractivity contribution in [1.29, 1.82) is 0 Å². The molecule has 0 N–H and O–H groups in total. The number of benzene rings is 2. The van der Waals surface area contributed by atoms with Crippen molar-refractivity contribution in [3.63, 3.8) is 0 Å². The molecule has 0 bridgehead atoms. The number of thioether (sulfide) groups is 1. The molecule has 2 aromatic carbocycles. The molecular weight excluding hydrogens is 298 g/mol. The fraction of sp³-hybridized carbons (Fsp3) is 0.333. The molecule has 0 spiro atoms. The number of hydrogen-bond donors (Lipinski definition) is 0. The normalized spacial score (nSPS) is 22.5. The van der Waals surface area contributed by atoms with Gasteiger partial charge in [-0.15, -0.1) is 24.2 Å². The molecular formula is C18H22ClNS. The highest BCUT2D eigenvalue weighted by Crippen LogP contribution is 2.38. The molecule has 2 aromatic rings. The van der Waals surface area contributed by atoms with Crippen molar-refractivity contribution in [3.05, 3.63) is 66.2 Å². The van der Waals surface area contributed by atoms with E-state index in [1.54, 1.807) is 0 Å². The standard InChI is InChI=1S/C18H21NS.ClH/c1-19-13-12-18(20-16-10-6-3-7-11-16)17(14-19)15-8-4-2-5-9-15;/h2-11,17-18H,12-14H2,1H3;1H/t17-,18+;/m0./s1. The minimum Gasteiger partial charge on any atom is -0.306 e. The van der Waals surface area contributed by atoms with E-state index >= 15 is 0 Å². The van der Waals surface area contributed by atoms with Gasteiger partial charge in [-0.25, -0.2) is 0 Å². The fourth-order valence-electron chi connectivity index (χ4n) is 2.93. The second-order valence-corrected chi connectivity index (χ2v) is 6.85. The molecule has 1 aliphatic rings. The van der Waals surface area contributed by atoms with Gasteiger partial charge in [0.05, 0.1) is 0 Å². The zero-order valence-electron chi connectivity index (χ0n) is 12.3. The van der Waals surface area contributed by atoms with Crippen LogP contribution in [0.3, 0.4) is 0 Å². The lowest BCUT2D eigenvalue weighted by atomic mass is 9.90. The Morgan fingerprint density at radius 2 is 1.57 bits per heavy atom. The molecule has 1 fully saturated rings. The van der Waals surface area contributed by atoms with Gasteiger partial charge in [-0.1, -0.05) is 48.5 Å². The monoisotopic (exact) mass is 319 g/mol. The van der Waals surface area contributed by atoms with Crippen LogP contribution in [0.25, 0.3) is 0 Å². The molecule has 0 radical (unpaired) electrons. The zero-order valence-corrected chi connectivity index (χ0v) is 13.9. The Bertz CT molecular complexity index is 531. The van der Waals surface area contributed by atoms with Gasteiger partial charge in [-0.2, -0.15) is 0 Å². The first kappa shape index (κ1) is 16.4. The van der Waals surface area contributed by atoms with Crippen molar-refractivity contribution >= 4 is 24.2 Å². The maximum absolute atomic E-state index is 2.46. The predicted octanol–water partition coefficient (Wildman–Crippen LogP) is 4.69. The van der Waals surface area contributed by atoms with Crippen LogP contribution in [0.15, 0.2) is 65.6 Å². The Labute approximate surface area is 138 Å². The summed E-state index contributed by atoms with van der Waals surface area (Å²) in [5.41, 5.74) is 1.48. The molecule has 0 saturated carbocycles. The summed E-state index contributed by atoms with van der Waals surface area (Å²) in [7, 11) is 2.24. The summed E-state index contributed by atoms with van der Waals surface area (Å²) in [6.45, 7) is 2.36. The van der Waals surface area contributed by atoms with Gasteiger partial charge in [-0.05, 0) is 37.7 Å². The van der Waals surface area contributed by atoms with Crippen LogP contribution in [0.4, 0.5) is 0 Å². The highest BCUT2D eigenvalue weighted by molar-refractivity contribution is 8.00. The third kappa shape index (κ3) is 4.26. The molecule has 1 nitrogen and oxygen atoms in total. The third-order valence-electron chi connectivity index (χ3n) is 4.01. The fourth-order valence-corrected chi connectivity index (χ4v) is 4.22. The molecule has 112 valence electrons. The van der Waals surface area contributed by atoms with E-state index in [1.165, 1.54) is 23.4 Å². The summed E-state index contributed by atoms with van der Waals surface area (Å²) >= 11 is 2.04. The second kappa shape index (κ2) is 7.88. The molecule has 3 heteroatoms. The van der Waals surface area contributed by atoms with Crippen LogP contribution in [-0.2, 0) is 0 Å². The van der Waals surface area contributed by atoms with E-state index in [0.29, 0.717) is 11.2 Å². The quantitative estimate of drug-likeness (QED) is 0.807. The predicted molar refractivity (Wildman–Crippen MR) is 94.6 cm³/mol. The second-order valence-electron chi connectivity index (χ2n) is 5.54. The molecule has 0 amide bonds. The van der Waals surface area contributed by atoms with E-state index in [9.17, 15) is 0 Å². The Balaban J connectivity index is 0.00000161. The van der Waals surface area contributed by atoms with Crippen LogP contribution in [0.2, 0.25) is 0 Å². The van der Waals surface area contributed by atoms with Crippen molar-refractivity contribution in [2.45, 2.75) is 22.5 Å². The van der Waals surface area contributed by atoms with Crippen molar-refractivity contribution in [2.75, 3.05) is 20.1 Å². The van der Waals surface area contributed by atoms with Crippen LogP contribution in [-0.4, -0.2) is 30.3 Å². The molecule has 1 aliphatic heterocycles. The van der Waals surface area contributed by atoms with Gasteiger partial charge in [0, 0.05) is 22.6 Å². The first-order valence-electron chi connectivity index (χ1n) is 7.28. The van der Waals surface area contributed by atoms with Crippen LogP contribution < -0.4 is 0 Å². The van der Waals surface area contributed by atoms with Gasteiger partial charge in [-0.3, -0.25) is 0 Å². The van der Waals surface area contributed by atoms with E-state index in [-0.39, 0.29) is 12.4 Å². The Morgan fingerprint density at radius 3 is 2.24 bits per heavy atom. The highest BCUT2D eigenvalue weighted by Gasteiger charge is 2.29. The van der Waals surface area contributed by atoms with Crippen LogP contribution in [0, 0.1) is 0 Å². The lowest BCUT2D eigenvalue weighted by molar-refractivity contribution is 0.256. The number of hydrogen-bond acceptors (Lipinski definition) is 2. The minimum atomic E-state index is 0. The number of piperidine rings is 1. The summed E-state index contributed by atoms with van der Waals surface area (Å²) in [6.07, 6.45) is 1.26. The van der Waals surface area contributed by atoms with Crippen LogP contribution in [0.5, 0.6) is 0 Å². The molecule has 0 aromatic heterocycles. The third-order valence-corrected chi connectivity index (χ3v) is 5.42. The number of nitrogens with zero attached hydrogens (tertiary/aromatic N) is 1. The molecule has 0 unspecified atom stereocenters. The molecule has 1 heterocycles. The van der Waals surface area contributed by atoms with Gasteiger partial charge in [0.1, 0.15) is 0 Å². The van der Waals surface area contributed by atoms with Crippen molar-refractivity contribution in [2.24, 2.45) is 0 Å². The van der Waals surface area contributed by atoms with Gasteiger partial charge < -0.3 is 4.90 Å². The summed E-state index contributed by atoms with van der Waals surface area (Å²) in [5, 5.41) is 0.677. The Hall–Kier alpha value is -0.960. The maximum atomic E-state index is 2.46. The van der Waals surface area contributed by atoms with Crippen molar-refractivity contribution < 1.29 is 0 Å². The van der Waals surface area contributed by atoms with Crippen LogP contribution >= 0.6 is 24.2 Å². The Kier molecular flexibility index (Phi) is 6.16. The minimum absolute atomic E-state index is 0. The van der Waals surface area contributed by atoms with Gasteiger partial charge in [0.25, 0.3) is 0 Å². The summed E-state index contributed by atoms with van der Waals surface area (Å²) in [6, 6.07) is 21.8. The topological polar surface area (TPSA) is 3.24 Å². The first-order chi connectivity index (χ1) is 9.83. The smallest absolute Gasteiger partial charge is 0.0187 e. The lowest BCUT2D eigenvalue weighted by Crippen LogP contribution is -2.38. The van der Waals surface area contributed by atoms with Crippen LogP contribution in [0.1, 0.15) is 17.9 Å². The summed E-state index contributed by atoms with van der Waals surface area (Å²) in [4.78, 5) is 3.85. The van der Waals surface area contributed by atoms with Gasteiger partial charge in [0.15, 0.2) is 0 Å². The van der Waals surface area contributed by atoms with E-state index in [2.05, 4.69) is 72.6 Å². The van der Waals surface area contributed by atoms with Crippen molar-refractivity contribution in [3.8, 4) is 0 Å². The highest BCUT2D eigenvalue weighted by atomic mass is 35.5. The summed E-state index contributed by atoms with van der Waals surface area (Å²) < 4.78 is 0. The van der Waals surface area contributed by atoms with E-state index in [0.717, 1.165) is 6.54 Å². The molecule has 21 heavy (non-hydrogen) atoms. The van der Waals surface area contributed by atoms with E-state index in [1.807, 2.05) is 11.8 Å². The first-order valence-corrected chi connectivity index (χ1v) is 8.16. The number of likely N-dealkylation sites (tertiary alicyclic amines) is 1. The number of likely N-dealkylation sites (N-methyl/N-ethyl adjacent to an activating group) is 1. The average Bonchev–Trinajstić information content (AvgIpc) is 2.51. The lowest BCUT2D eigenvalue weighted by Gasteiger charge is -2.36.